The molecular weight excluding hydrogens is 309 g/mol. The molecule has 0 aliphatic rings. The second kappa shape index (κ2) is 4.42. The predicted molar refractivity (Wildman–Crippen MR) is 65.7 cm³/mol. The minimum absolute atomic E-state index is 0.0382. The maximum absolute atomic E-state index is 13.0. The Bertz CT molecular complexity index is 587. The van der Waals surface area contributed by atoms with Crippen LogP contribution in [0.4, 0.5) is 13.2 Å². The van der Waals surface area contributed by atoms with E-state index in [4.69, 9.17) is 0 Å². The SMILES string of the molecule is Cc1cc(C)n(-c2ccc(Br)cc2C(F)(F)F)n1. The lowest BCUT2D eigenvalue weighted by atomic mass is 10.1. The fourth-order valence-electron chi connectivity index (χ4n) is 1.79. The number of rotatable bonds is 1. The van der Waals surface area contributed by atoms with Crippen LogP contribution in [-0.2, 0) is 6.18 Å². The minimum Gasteiger partial charge on any atom is -0.237 e. The third-order valence-electron chi connectivity index (χ3n) is 2.50. The number of aryl methyl sites for hydroxylation is 2. The summed E-state index contributed by atoms with van der Waals surface area (Å²) in [7, 11) is 0. The molecular formula is C12H10BrF3N2. The highest BCUT2D eigenvalue weighted by atomic mass is 79.9. The van der Waals surface area contributed by atoms with E-state index < -0.39 is 11.7 Å². The molecule has 0 aliphatic heterocycles. The number of benzene rings is 1. The summed E-state index contributed by atoms with van der Waals surface area (Å²) in [6, 6.07) is 5.78. The number of hydrogen-bond donors (Lipinski definition) is 0. The molecule has 0 spiro atoms. The molecule has 1 heterocycles. The Hall–Kier alpha value is -1.30. The van der Waals surface area contributed by atoms with Crippen molar-refractivity contribution in [1.29, 1.82) is 0 Å². The smallest absolute Gasteiger partial charge is 0.237 e. The fourth-order valence-corrected chi connectivity index (χ4v) is 2.15. The Morgan fingerprint density at radius 2 is 1.83 bits per heavy atom. The van der Waals surface area contributed by atoms with Gasteiger partial charge in [-0.15, -0.1) is 0 Å². The van der Waals surface area contributed by atoms with E-state index in [-0.39, 0.29) is 5.69 Å². The largest absolute Gasteiger partial charge is 0.418 e. The molecule has 0 unspecified atom stereocenters. The van der Waals surface area contributed by atoms with Gasteiger partial charge in [0.1, 0.15) is 0 Å². The second-order valence-electron chi connectivity index (χ2n) is 4.00. The summed E-state index contributed by atoms with van der Waals surface area (Å²) in [5, 5.41) is 4.09. The van der Waals surface area contributed by atoms with Crippen LogP contribution < -0.4 is 0 Å². The minimum atomic E-state index is -4.41. The average Bonchev–Trinajstić information content (AvgIpc) is 2.56. The number of aromatic nitrogens is 2. The first-order valence-electron chi connectivity index (χ1n) is 5.19. The van der Waals surface area contributed by atoms with Gasteiger partial charge in [-0.05, 0) is 38.1 Å². The van der Waals surface area contributed by atoms with Gasteiger partial charge in [-0.25, -0.2) is 4.68 Å². The Kier molecular flexibility index (Phi) is 3.23. The van der Waals surface area contributed by atoms with Gasteiger partial charge in [-0.3, -0.25) is 0 Å². The van der Waals surface area contributed by atoms with E-state index in [0.29, 0.717) is 15.9 Å². The lowest BCUT2D eigenvalue weighted by molar-refractivity contribution is -0.137. The van der Waals surface area contributed by atoms with Crippen LogP contribution in [0, 0.1) is 13.8 Å². The highest BCUT2D eigenvalue weighted by Gasteiger charge is 2.34. The molecule has 0 aliphatic carbocycles. The second-order valence-corrected chi connectivity index (χ2v) is 4.91. The molecule has 0 radical (unpaired) electrons. The molecule has 0 bridgehead atoms. The van der Waals surface area contributed by atoms with Gasteiger partial charge in [0, 0.05) is 10.2 Å². The fraction of sp³-hybridized carbons (Fsp3) is 0.250. The third-order valence-corrected chi connectivity index (χ3v) is 3.00. The molecule has 1 aromatic heterocycles. The summed E-state index contributed by atoms with van der Waals surface area (Å²) in [5.74, 6) is 0. The maximum Gasteiger partial charge on any atom is 0.418 e. The summed E-state index contributed by atoms with van der Waals surface area (Å²) in [6.45, 7) is 3.47. The topological polar surface area (TPSA) is 17.8 Å². The lowest BCUT2D eigenvalue weighted by Gasteiger charge is -2.14. The molecule has 0 fully saturated rings. The summed E-state index contributed by atoms with van der Waals surface area (Å²) in [6.07, 6.45) is -4.41. The molecule has 0 atom stereocenters. The molecule has 0 saturated carbocycles. The quantitative estimate of drug-likeness (QED) is 0.767. The van der Waals surface area contributed by atoms with Crippen molar-refractivity contribution < 1.29 is 13.2 Å². The van der Waals surface area contributed by atoms with E-state index in [2.05, 4.69) is 21.0 Å². The van der Waals surface area contributed by atoms with Crippen LogP contribution in [0.2, 0.25) is 0 Å². The highest BCUT2D eigenvalue weighted by molar-refractivity contribution is 9.10. The molecule has 0 N–H and O–H groups in total. The van der Waals surface area contributed by atoms with E-state index in [9.17, 15) is 13.2 Å². The zero-order valence-electron chi connectivity index (χ0n) is 9.72. The number of halogens is 4. The van der Waals surface area contributed by atoms with Crippen molar-refractivity contribution in [3.63, 3.8) is 0 Å². The molecule has 2 rings (SSSR count). The zero-order chi connectivity index (χ0) is 13.5. The van der Waals surface area contributed by atoms with Crippen molar-refractivity contribution in [1.82, 2.24) is 9.78 Å². The van der Waals surface area contributed by atoms with Crippen molar-refractivity contribution >= 4 is 15.9 Å². The Morgan fingerprint density at radius 1 is 1.17 bits per heavy atom. The molecule has 1 aromatic carbocycles. The van der Waals surface area contributed by atoms with Gasteiger partial charge in [0.05, 0.1) is 16.9 Å². The van der Waals surface area contributed by atoms with E-state index >= 15 is 0 Å². The highest BCUT2D eigenvalue weighted by Crippen LogP contribution is 2.35. The molecule has 0 saturated heterocycles. The monoisotopic (exact) mass is 318 g/mol. The number of alkyl halides is 3. The van der Waals surface area contributed by atoms with Gasteiger partial charge in [0.15, 0.2) is 0 Å². The van der Waals surface area contributed by atoms with Gasteiger partial charge < -0.3 is 0 Å². The normalized spacial score (nSPS) is 11.9. The van der Waals surface area contributed by atoms with Crippen LogP contribution in [0.25, 0.3) is 5.69 Å². The van der Waals surface area contributed by atoms with Crippen LogP contribution in [0.15, 0.2) is 28.7 Å². The van der Waals surface area contributed by atoms with Gasteiger partial charge in [0.2, 0.25) is 0 Å². The van der Waals surface area contributed by atoms with E-state index in [1.54, 1.807) is 26.0 Å². The summed E-state index contributed by atoms with van der Waals surface area (Å²) < 4.78 is 40.7. The van der Waals surface area contributed by atoms with Crippen LogP contribution in [0.5, 0.6) is 0 Å². The first kappa shape index (κ1) is 13.1. The molecule has 18 heavy (non-hydrogen) atoms. The Balaban J connectivity index is 2.68. The summed E-state index contributed by atoms with van der Waals surface area (Å²) in [4.78, 5) is 0. The van der Waals surface area contributed by atoms with Gasteiger partial charge in [0.25, 0.3) is 0 Å². The van der Waals surface area contributed by atoms with E-state index in [1.165, 1.54) is 10.7 Å². The predicted octanol–water partition coefficient (Wildman–Crippen LogP) is 4.27. The van der Waals surface area contributed by atoms with Gasteiger partial charge in [-0.2, -0.15) is 18.3 Å². The number of nitrogens with zero attached hydrogens (tertiary/aromatic N) is 2. The molecule has 6 heteroatoms. The molecule has 0 amide bonds. The summed E-state index contributed by atoms with van der Waals surface area (Å²) in [5.41, 5.74) is 0.684. The van der Waals surface area contributed by atoms with Crippen LogP contribution in [-0.4, -0.2) is 9.78 Å². The first-order chi connectivity index (χ1) is 8.29. The van der Waals surface area contributed by atoms with Crippen molar-refractivity contribution in [2.75, 3.05) is 0 Å². The van der Waals surface area contributed by atoms with Crippen LogP contribution >= 0.6 is 15.9 Å². The Labute approximate surface area is 111 Å². The average molecular weight is 319 g/mol. The zero-order valence-corrected chi connectivity index (χ0v) is 11.3. The van der Waals surface area contributed by atoms with Gasteiger partial charge in [-0.1, -0.05) is 15.9 Å². The van der Waals surface area contributed by atoms with Gasteiger partial charge >= 0.3 is 6.18 Å². The Morgan fingerprint density at radius 3 is 2.33 bits per heavy atom. The van der Waals surface area contributed by atoms with Crippen LogP contribution in [0.3, 0.4) is 0 Å². The molecule has 2 aromatic rings. The van der Waals surface area contributed by atoms with Crippen molar-refractivity contribution in [3.05, 3.63) is 45.7 Å². The number of hydrogen-bond acceptors (Lipinski definition) is 1. The van der Waals surface area contributed by atoms with E-state index in [1.807, 2.05) is 0 Å². The van der Waals surface area contributed by atoms with Crippen molar-refractivity contribution in [2.24, 2.45) is 0 Å². The van der Waals surface area contributed by atoms with Crippen molar-refractivity contribution in [3.8, 4) is 5.69 Å². The lowest BCUT2D eigenvalue weighted by Crippen LogP contribution is -2.12. The molecule has 96 valence electrons. The van der Waals surface area contributed by atoms with Crippen LogP contribution in [0.1, 0.15) is 17.0 Å². The van der Waals surface area contributed by atoms with E-state index in [0.717, 1.165) is 6.07 Å². The first-order valence-corrected chi connectivity index (χ1v) is 5.99. The van der Waals surface area contributed by atoms with Crippen molar-refractivity contribution in [2.45, 2.75) is 20.0 Å². The summed E-state index contributed by atoms with van der Waals surface area (Å²) >= 11 is 3.06. The molecule has 2 nitrogen and oxygen atoms in total. The maximum atomic E-state index is 13.0. The third kappa shape index (κ3) is 2.43. The standard InChI is InChI=1S/C12H10BrF3N2/c1-7-5-8(2)18(17-7)11-4-3-9(13)6-10(11)12(14,15)16/h3-6H,1-2H3.